The van der Waals surface area contributed by atoms with Gasteiger partial charge in [0.25, 0.3) is 0 Å². The predicted molar refractivity (Wildman–Crippen MR) is 174 cm³/mol. The molecule has 8 nitrogen and oxygen atoms in total. The zero-order valence-electron chi connectivity index (χ0n) is 28.8. The average molecular weight is 591 g/mol. The number of hydrogen-bond donors (Lipinski definition) is 1. The maximum Gasteiger partial charge on any atom is 0.242 e. The van der Waals surface area contributed by atoms with E-state index in [9.17, 15) is 14.4 Å². The second kappa shape index (κ2) is 20.5. The highest BCUT2D eigenvalue weighted by atomic mass is 16.4. The fraction of sp³-hybridized carbons (Fsp3) is 0.735. The number of amides is 3. The Morgan fingerprint density at radius 2 is 1.48 bits per heavy atom. The average Bonchev–Trinajstić information content (AvgIpc) is 3.46. The summed E-state index contributed by atoms with van der Waals surface area (Å²) in [5, 5.41) is 2.90. The molecule has 0 aliphatic carbocycles. The molecule has 0 bridgehead atoms. The van der Waals surface area contributed by atoms with Crippen LogP contribution in [0.5, 0.6) is 0 Å². The minimum Gasteiger partial charge on any atom is -0.388 e. The van der Waals surface area contributed by atoms with Gasteiger partial charge >= 0.3 is 0 Å². The lowest BCUT2D eigenvalue weighted by Crippen LogP contribution is -2.52. The van der Waals surface area contributed by atoms with Crippen LogP contribution in [0.15, 0.2) is 30.3 Å². The molecule has 1 aromatic carbocycles. The van der Waals surface area contributed by atoms with Gasteiger partial charge in [-0.2, -0.15) is 0 Å². The third-order valence-corrected chi connectivity index (χ3v) is 7.55. The summed E-state index contributed by atoms with van der Waals surface area (Å²) in [6.07, 6.45) is 2.84. The van der Waals surface area contributed by atoms with Crippen molar-refractivity contribution in [2.24, 2.45) is 17.8 Å². The molecule has 1 aromatic rings. The molecule has 0 radical (unpaired) electrons. The van der Waals surface area contributed by atoms with Crippen molar-refractivity contribution in [3.63, 3.8) is 0 Å². The fourth-order valence-corrected chi connectivity index (χ4v) is 5.15. The van der Waals surface area contributed by atoms with E-state index in [0.717, 1.165) is 37.4 Å². The van der Waals surface area contributed by atoms with Crippen LogP contribution in [-0.2, 0) is 24.5 Å². The van der Waals surface area contributed by atoms with Crippen LogP contribution >= 0.6 is 0 Å². The topological polar surface area (TPSA) is 82.2 Å². The van der Waals surface area contributed by atoms with Crippen LogP contribution in [0.4, 0.5) is 0 Å². The number of ether oxygens (including phenoxy) is 1. The number of carbonyl (C=O) groups excluding carboxylic acids is 3. The number of carbonyl (C=O) groups is 3. The summed E-state index contributed by atoms with van der Waals surface area (Å²) in [5.74, 6) is 0.734. The molecule has 1 N–H and O–H groups in total. The molecule has 1 saturated heterocycles. The van der Waals surface area contributed by atoms with E-state index in [1.807, 2.05) is 54.1 Å². The Kier molecular flexibility index (Phi) is 19.3. The number of likely N-dealkylation sites (tertiary alicyclic amines) is 1. The molecule has 0 saturated carbocycles. The summed E-state index contributed by atoms with van der Waals surface area (Å²) in [7, 11) is 6.97. The van der Waals surface area contributed by atoms with E-state index in [1.165, 1.54) is 0 Å². The van der Waals surface area contributed by atoms with Crippen molar-refractivity contribution in [2.45, 2.75) is 86.1 Å². The monoisotopic (exact) mass is 590 g/mol. The van der Waals surface area contributed by atoms with Crippen LogP contribution in [-0.4, -0.2) is 99.5 Å². The van der Waals surface area contributed by atoms with Gasteiger partial charge in [-0.1, -0.05) is 85.7 Å². The fourth-order valence-electron chi connectivity index (χ4n) is 5.15. The second-order valence-electron chi connectivity index (χ2n) is 13.0. The van der Waals surface area contributed by atoms with E-state index in [4.69, 9.17) is 0 Å². The Hall–Kier alpha value is -2.45. The Morgan fingerprint density at radius 1 is 0.976 bits per heavy atom. The molecule has 0 aromatic heterocycles. The lowest BCUT2D eigenvalue weighted by atomic mass is 9.71. The summed E-state index contributed by atoms with van der Waals surface area (Å²) in [6, 6.07) is 9.99. The van der Waals surface area contributed by atoms with Gasteiger partial charge in [-0.15, -0.1) is 0 Å². The normalized spacial score (nSPS) is 14.5. The maximum absolute atomic E-state index is 13.1. The zero-order valence-corrected chi connectivity index (χ0v) is 28.8. The first kappa shape index (κ1) is 39.5. The van der Waals surface area contributed by atoms with Gasteiger partial charge in [0.05, 0.1) is 13.1 Å². The molecule has 2 atom stereocenters. The molecule has 1 aliphatic heterocycles. The third-order valence-electron chi connectivity index (χ3n) is 7.55. The molecule has 1 aliphatic rings. The highest BCUT2D eigenvalue weighted by Gasteiger charge is 2.35. The number of hydrogen-bond acceptors (Lipinski definition) is 5. The Morgan fingerprint density at radius 3 is 1.93 bits per heavy atom. The number of methoxy groups -OCH3 is 1. The molecule has 0 unspecified atom stereocenters. The minimum absolute atomic E-state index is 0.0314. The van der Waals surface area contributed by atoms with Gasteiger partial charge in [-0.25, -0.2) is 0 Å². The van der Waals surface area contributed by atoms with E-state index >= 15 is 0 Å². The highest BCUT2D eigenvalue weighted by Crippen LogP contribution is 2.33. The van der Waals surface area contributed by atoms with Crippen molar-refractivity contribution < 1.29 is 19.1 Å². The smallest absolute Gasteiger partial charge is 0.242 e. The summed E-state index contributed by atoms with van der Waals surface area (Å²) in [4.78, 5) is 44.3. The van der Waals surface area contributed by atoms with Gasteiger partial charge < -0.3 is 19.9 Å². The van der Waals surface area contributed by atoms with E-state index in [0.29, 0.717) is 19.5 Å². The molecule has 1 heterocycles. The molecule has 1 fully saturated rings. The summed E-state index contributed by atoms with van der Waals surface area (Å²) in [5.41, 5.74) is 0.761. The van der Waals surface area contributed by atoms with Gasteiger partial charge in [-0.05, 0) is 43.7 Å². The van der Waals surface area contributed by atoms with Crippen LogP contribution < -0.4 is 5.32 Å². The first-order chi connectivity index (χ1) is 19.6. The van der Waals surface area contributed by atoms with Crippen molar-refractivity contribution in [1.82, 2.24) is 20.0 Å². The number of benzene rings is 1. The number of nitrogens with zero attached hydrogens (tertiary/aromatic N) is 3. The number of nitrogens with one attached hydrogen (secondary N) is 1. The maximum atomic E-state index is 13.1. The predicted octanol–water partition coefficient (Wildman–Crippen LogP) is 5.07. The lowest BCUT2D eigenvalue weighted by Gasteiger charge is -2.35. The van der Waals surface area contributed by atoms with Gasteiger partial charge in [0.2, 0.25) is 17.7 Å². The molecular formula is C34H62N4O4. The van der Waals surface area contributed by atoms with Crippen LogP contribution in [0.1, 0.15) is 80.2 Å². The molecule has 8 heteroatoms. The van der Waals surface area contributed by atoms with Crippen molar-refractivity contribution in [1.29, 1.82) is 0 Å². The lowest BCUT2D eigenvalue weighted by molar-refractivity contribution is -0.136. The number of rotatable bonds is 12. The SMILES string of the molecule is CC(C)C.CC[C@H](C(=O)NCC(=O)N(C)[C@H](CN(C)CC(=O)N1CCCC1)C(C)C)C(C)(C)c1ccccc1.COC. The molecule has 2 rings (SSSR count). The molecule has 242 valence electrons. The van der Waals surface area contributed by atoms with Crippen LogP contribution in [0.3, 0.4) is 0 Å². The Bertz CT molecular complexity index is 895. The second-order valence-corrected chi connectivity index (χ2v) is 13.0. The van der Waals surface area contributed by atoms with Crippen LogP contribution in [0, 0.1) is 17.8 Å². The highest BCUT2D eigenvalue weighted by molar-refractivity contribution is 5.86. The summed E-state index contributed by atoms with van der Waals surface area (Å²) >= 11 is 0. The van der Waals surface area contributed by atoms with Crippen molar-refractivity contribution >= 4 is 17.7 Å². The van der Waals surface area contributed by atoms with Crippen molar-refractivity contribution in [3.05, 3.63) is 35.9 Å². The van der Waals surface area contributed by atoms with Gasteiger partial charge in [0, 0.05) is 58.3 Å². The van der Waals surface area contributed by atoms with E-state index < -0.39 is 0 Å². The molecule has 0 spiro atoms. The quantitative estimate of drug-likeness (QED) is 0.368. The van der Waals surface area contributed by atoms with Crippen molar-refractivity contribution in [2.75, 3.05) is 61.0 Å². The molecular weight excluding hydrogens is 528 g/mol. The standard InChI is InChI=1S/C28H46N4O3.C4H10.C2H6O/c1-8-23(28(4,5)22-14-10-9-11-15-22)27(35)29-18-25(33)31(7)24(21(2)3)19-30(6)20-26(34)32-16-12-13-17-32;1-4(2)3;1-3-2/h9-11,14-15,21,23-24H,8,12-13,16-20H2,1-7H3,(H,29,35);4H,1-3H3;1-2H3/t23-,24-;;/m1../s1. The largest absolute Gasteiger partial charge is 0.388 e. The third kappa shape index (κ3) is 14.1. The van der Waals surface area contributed by atoms with Gasteiger partial charge in [-0.3, -0.25) is 19.3 Å². The van der Waals surface area contributed by atoms with E-state index in [2.05, 4.69) is 58.5 Å². The summed E-state index contributed by atoms with van der Waals surface area (Å²) in [6.45, 7) is 19.5. The van der Waals surface area contributed by atoms with Crippen LogP contribution in [0.2, 0.25) is 0 Å². The van der Waals surface area contributed by atoms with E-state index in [-0.39, 0.29) is 47.6 Å². The minimum atomic E-state index is -0.347. The van der Waals surface area contributed by atoms with Gasteiger partial charge in [0.1, 0.15) is 0 Å². The first-order valence-corrected chi connectivity index (χ1v) is 15.6. The van der Waals surface area contributed by atoms with Crippen molar-refractivity contribution in [3.8, 4) is 0 Å². The van der Waals surface area contributed by atoms with Gasteiger partial charge in [0.15, 0.2) is 0 Å². The van der Waals surface area contributed by atoms with Crippen LogP contribution in [0.25, 0.3) is 0 Å². The number of likely N-dealkylation sites (N-methyl/N-ethyl adjacent to an activating group) is 2. The molecule has 3 amide bonds. The Balaban J connectivity index is 0.00000216. The van der Waals surface area contributed by atoms with E-state index in [1.54, 1.807) is 26.2 Å². The summed E-state index contributed by atoms with van der Waals surface area (Å²) < 4.78 is 4.25. The molecule has 42 heavy (non-hydrogen) atoms. The Labute approximate surface area is 257 Å². The zero-order chi connectivity index (χ0) is 32.5. The first-order valence-electron chi connectivity index (χ1n) is 15.6.